The molecule has 11 heteroatoms. The maximum absolute atomic E-state index is 11.9. The minimum atomic E-state index is -1.61. The molecule has 3 aromatic rings. The Morgan fingerprint density at radius 3 is 2.73 bits per heavy atom. The van der Waals surface area contributed by atoms with Gasteiger partial charge >= 0.3 is 6.09 Å². The van der Waals surface area contributed by atoms with Crippen molar-refractivity contribution < 1.29 is 24.9 Å². The average molecular weight is 399 g/mol. The summed E-state index contributed by atoms with van der Waals surface area (Å²) in [6.07, 6.45) is 1.33. The van der Waals surface area contributed by atoms with Crippen LogP contribution in [0.3, 0.4) is 0 Å². The summed E-state index contributed by atoms with van der Waals surface area (Å²) < 4.78 is 0.736. The van der Waals surface area contributed by atoms with Crippen LogP contribution in [0.2, 0.25) is 10.0 Å². The number of carboxylic acid groups (broad SMARTS) is 1. The lowest BCUT2D eigenvalue weighted by molar-refractivity contribution is -0.125. The summed E-state index contributed by atoms with van der Waals surface area (Å²) in [6.45, 7) is -0.748. The highest BCUT2D eigenvalue weighted by Crippen LogP contribution is 2.41. The zero-order valence-corrected chi connectivity index (χ0v) is 14.4. The summed E-state index contributed by atoms with van der Waals surface area (Å²) in [6, 6.07) is 1.40. The molecule has 2 aromatic heterocycles. The van der Waals surface area contributed by atoms with Crippen LogP contribution in [-0.4, -0.2) is 54.8 Å². The SMILES string of the molecule is O=C(Nc1cc(Cl)c(Cl)c2[nH]cc(-c3cnn(C(=O)O)c3)c12)C(O)CO. The number of aromatic nitrogens is 3. The second-order valence-corrected chi connectivity index (χ2v) is 6.10. The maximum atomic E-state index is 11.9. The van der Waals surface area contributed by atoms with E-state index in [-0.39, 0.29) is 15.7 Å². The topological polar surface area (TPSA) is 140 Å². The quantitative estimate of drug-likeness (QED) is 0.455. The van der Waals surface area contributed by atoms with E-state index in [4.69, 9.17) is 33.4 Å². The third kappa shape index (κ3) is 3.13. The number of nitrogens with zero attached hydrogens (tertiary/aromatic N) is 2. The van der Waals surface area contributed by atoms with Crippen molar-refractivity contribution in [1.82, 2.24) is 14.8 Å². The van der Waals surface area contributed by atoms with E-state index in [0.29, 0.717) is 22.0 Å². The van der Waals surface area contributed by atoms with E-state index in [1.807, 2.05) is 0 Å². The molecule has 0 aliphatic rings. The highest BCUT2D eigenvalue weighted by atomic mass is 35.5. The molecule has 1 atom stereocenters. The van der Waals surface area contributed by atoms with E-state index in [2.05, 4.69) is 15.4 Å². The van der Waals surface area contributed by atoms with Gasteiger partial charge in [0, 0.05) is 28.9 Å². The lowest BCUT2D eigenvalue weighted by atomic mass is 10.1. The summed E-state index contributed by atoms with van der Waals surface area (Å²) in [7, 11) is 0. The number of rotatable bonds is 4. The van der Waals surface area contributed by atoms with E-state index >= 15 is 0 Å². The number of hydrogen-bond donors (Lipinski definition) is 5. The number of aliphatic hydroxyl groups excluding tert-OH is 2. The number of nitrogens with one attached hydrogen (secondary N) is 2. The van der Waals surface area contributed by atoms with Crippen LogP contribution in [0.25, 0.3) is 22.0 Å². The van der Waals surface area contributed by atoms with E-state index in [0.717, 1.165) is 4.68 Å². The van der Waals surface area contributed by atoms with Crippen molar-refractivity contribution in [1.29, 1.82) is 0 Å². The van der Waals surface area contributed by atoms with Crippen LogP contribution in [-0.2, 0) is 4.79 Å². The summed E-state index contributed by atoms with van der Waals surface area (Å²) in [4.78, 5) is 25.9. The molecule has 1 unspecified atom stereocenters. The van der Waals surface area contributed by atoms with Gasteiger partial charge in [0.15, 0.2) is 6.10 Å². The Morgan fingerprint density at radius 1 is 1.38 bits per heavy atom. The molecule has 1 aromatic carbocycles. The van der Waals surface area contributed by atoms with Crippen LogP contribution >= 0.6 is 23.2 Å². The van der Waals surface area contributed by atoms with Gasteiger partial charge in [-0.15, -0.1) is 0 Å². The summed E-state index contributed by atoms with van der Waals surface area (Å²) in [5.41, 5.74) is 1.60. The zero-order valence-electron chi connectivity index (χ0n) is 12.9. The predicted molar refractivity (Wildman–Crippen MR) is 94.7 cm³/mol. The van der Waals surface area contributed by atoms with Gasteiger partial charge in [0.05, 0.1) is 34.1 Å². The average Bonchev–Trinajstić information content (AvgIpc) is 3.25. The third-order valence-electron chi connectivity index (χ3n) is 3.67. The lowest BCUT2D eigenvalue weighted by Crippen LogP contribution is -2.30. The number of H-pyrrole nitrogens is 1. The molecule has 5 N–H and O–H groups in total. The first-order chi connectivity index (χ1) is 12.3. The Kier molecular flexibility index (Phi) is 4.88. The van der Waals surface area contributed by atoms with Crippen LogP contribution in [0, 0.1) is 0 Å². The number of halogens is 2. The van der Waals surface area contributed by atoms with Crippen LogP contribution in [0.5, 0.6) is 0 Å². The highest BCUT2D eigenvalue weighted by molar-refractivity contribution is 6.46. The number of aromatic amines is 1. The second kappa shape index (κ2) is 6.96. The Hall–Kier alpha value is -2.59. The van der Waals surface area contributed by atoms with Gasteiger partial charge in [-0.25, -0.2) is 4.79 Å². The molecule has 0 aliphatic carbocycles. The van der Waals surface area contributed by atoms with Gasteiger partial charge in [0.1, 0.15) is 0 Å². The fourth-order valence-corrected chi connectivity index (χ4v) is 2.86. The van der Waals surface area contributed by atoms with E-state index in [9.17, 15) is 14.7 Å². The summed E-state index contributed by atoms with van der Waals surface area (Å²) >= 11 is 12.3. The van der Waals surface area contributed by atoms with Crippen LogP contribution in [0.15, 0.2) is 24.7 Å². The number of benzene rings is 1. The van der Waals surface area contributed by atoms with E-state index < -0.39 is 24.7 Å². The number of fused-ring (bicyclic) bond motifs is 1. The lowest BCUT2D eigenvalue weighted by Gasteiger charge is -2.12. The molecular weight excluding hydrogens is 387 g/mol. The molecule has 3 rings (SSSR count). The first-order valence-electron chi connectivity index (χ1n) is 7.20. The molecule has 0 spiro atoms. The predicted octanol–water partition coefficient (Wildman–Crippen LogP) is 2.16. The van der Waals surface area contributed by atoms with Gasteiger partial charge in [0.2, 0.25) is 0 Å². The number of amides is 1. The minimum absolute atomic E-state index is 0.155. The minimum Gasteiger partial charge on any atom is -0.463 e. The van der Waals surface area contributed by atoms with Gasteiger partial charge in [0.25, 0.3) is 5.91 Å². The fraction of sp³-hybridized carbons (Fsp3) is 0.133. The molecule has 0 radical (unpaired) electrons. The molecule has 0 fully saturated rings. The fourth-order valence-electron chi connectivity index (χ4n) is 2.45. The molecule has 0 bridgehead atoms. The Balaban J connectivity index is 2.17. The molecule has 0 saturated heterocycles. The molecule has 26 heavy (non-hydrogen) atoms. The summed E-state index contributed by atoms with van der Waals surface area (Å²) in [5, 5.41) is 34.4. The van der Waals surface area contributed by atoms with Gasteiger partial charge in [-0.05, 0) is 6.07 Å². The molecule has 0 aliphatic heterocycles. The molecule has 136 valence electrons. The van der Waals surface area contributed by atoms with E-state index in [1.165, 1.54) is 18.5 Å². The first kappa shape index (κ1) is 18.2. The normalized spacial score (nSPS) is 12.3. The molecule has 9 nitrogen and oxygen atoms in total. The number of aliphatic hydroxyl groups is 2. The zero-order chi connectivity index (χ0) is 19.0. The monoisotopic (exact) mass is 398 g/mol. The van der Waals surface area contributed by atoms with Crippen LogP contribution in [0.1, 0.15) is 0 Å². The van der Waals surface area contributed by atoms with Gasteiger partial charge < -0.3 is 25.6 Å². The molecule has 0 saturated carbocycles. The van der Waals surface area contributed by atoms with Gasteiger partial charge in [-0.1, -0.05) is 23.2 Å². The number of hydrogen-bond acceptors (Lipinski definition) is 5. The van der Waals surface area contributed by atoms with Crippen molar-refractivity contribution in [3.8, 4) is 11.1 Å². The largest absolute Gasteiger partial charge is 0.463 e. The van der Waals surface area contributed by atoms with Crippen molar-refractivity contribution >= 4 is 51.8 Å². The van der Waals surface area contributed by atoms with Crippen molar-refractivity contribution in [2.45, 2.75) is 6.10 Å². The number of anilines is 1. The Bertz CT molecular complexity index is 1010. The Morgan fingerprint density at radius 2 is 2.12 bits per heavy atom. The maximum Gasteiger partial charge on any atom is 0.432 e. The third-order valence-corrected chi connectivity index (χ3v) is 4.46. The Labute approximate surface area is 155 Å². The van der Waals surface area contributed by atoms with Crippen LogP contribution in [0.4, 0.5) is 10.5 Å². The van der Waals surface area contributed by atoms with Crippen molar-refractivity contribution in [3.05, 3.63) is 34.7 Å². The smallest absolute Gasteiger partial charge is 0.432 e. The highest BCUT2D eigenvalue weighted by Gasteiger charge is 2.21. The first-order valence-corrected chi connectivity index (χ1v) is 7.96. The van der Waals surface area contributed by atoms with Gasteiger partial charge in [-0.3, -0.25) is 4.79 Å². The second-order valence-electron chi connectivity index (χ2n) is 5.32. The molecule has 2 heterocycles. The van der Waals surface area contributed by atoms with Gasteiger partial charge in [-0.2, -0.15) is 9.78 Å². The standard InChI is InChI=1S/C15H12Cl2N4O5/c16-8-1-9(20-14(24)10(23)5-22)11-7(3-18-13(11)12(8)17)6-2-19-21(4-6)15(25)26/h1-4,10,18,22-23H,5H2,(H,20,24)(H,25,26). The van der Waals surface area contributed by atoms with Crippen molar-refractivity contribution in [3.63, 3.8) is 0 Å². The van der Waals surface area contributed by atoms with E-state index in [1.54, 1.807) is 6.20 Å². The van der Waals surface area contributed by atoms with Crippen molar-refractivity contribution in [2.75, 3.05) is 11.9 Å². The number of carbonyl (C=O) groups excluding carboxylic acids is 1. The summed E-state index contributed by atoms with van der Waals surface area (Å²) in [5.74, 6) is -0.833. The molecular formula is C15H12Cl2N4O5. The van der Waals surface area contributed by atoms with Crippen molar-refractivity contribution in [2.24, 2.45) is 0 Å². The number of carbonyl (C=O) groups is 2. The van der Waals surface area contributed by atoms with Crippen LogP contribution < -0.4 is 5.32 Å². The molecule has 1 amide bonds.